The second-order valence-electron chi connectivity index (χ2n) is 5.89. The Morgan fingerprint density at radius 1 is 0.952 bits per heavy atom. The van der Waals surface area contributed by atoms with Gasteiger partial charge in [0.05, 0.1) is 5.60 Å². The van der Waals surface area contributed by atoms with Gasteiger partial charge in [-0.1, -0.05) is 73.3 Å². The molecule has 0 heterocycles. The minimum absolute atomic E-state index is 0.175. The highest BCUT2D eigenvalue weighted by atomic mass is 28.4. The van der Waals surface area contributed by atoms with E-state index in [4.69, 9.17) is 4.43 Å². The number of hydrogen-bond acceptors (Lipinski definition) is 1. The minimum Gasteiger partial charge on any atom is -0.399 e. The fourth-order valence-electron chi connectivity index (χ4n) is 2.44. The van der Waals surface area contributed by atoms with Crippen molar-refractivity contribution in [1.82, 2.24) is 0 Å². The average Bonchev–Trinajstić information content (AvgIpc) is 2.54. The summed E-state index contributed by atoms with van der Waals surface area (Å²) in [5.41, 5.74) is 1.88. The van der Waals surface area contributed by atoms with Crippen LogP contribution in [-0.2, 0) is 4.43 Å². The summed E-state index contributed by atoms with van der Waals surface area (Å²) in [6.45, 7) is 10.6. The SMILES string of the molecule is C=C[Si](OC(C)(C)CC)(c1ccccc1)c1ccccc1. The van der Waals surface area contributed by atoms with Crippen LogP contribution in [0.5, 0.6) is 0 Å². The molecule has 0 aliphatic heterocycles. The summed E-state index contributed by atoms with van der Waals surface area (Å²) in [7, 11) is -2.41. The van der Waals surface area contributed by atoms with Crippen molar-refractivity contribution in [3.8, 4) is 0 Å². The predicted octanol–water partition coefficient (Wildman–Crippen LogP) is 3.68. The smallest absolute Gasteiger partial charge is 0.280 e. The summed E-state index contributed by atoms with van der Waals surface area (Å²) in [6.07, 6.45) is 0.968. The Hall–Kier alpha value is -1.64. The largest absolute Gasteiger partial charge is 0.399 e. The molecule has 0 saturated heterocycles. The molecule has 21 heavy (non-hydrogen) atoms. The van der Waals surface area contributed by atoms with Gasteiger partial charge in [0, 0.05) is 0 Å². The second kappa shape index (κ2) is 6.42. The van der Waals surface area contributed by atoms with E-state index in [0.29, 0.717) is 0 Å². The molecule has 0 unspecified atom stereocenters. The first kappa shape index (κ1) is 15.7. The highest BCUT2D eigenvalue weighted by Crippen LogP contribution is 2.21. The van der Waals surface area contributed by atoms with Gasteiger partial charge in [-0.15, -0.1) is 6.58 Å². The first-order chi connectivity index (χ1) is 10.0. The van der Waals surface area contributed by atoms with Gasteiger partial charge in [-0.25, -0.2) is 0 Å². The van der Waals surface area contributed by atoms with E-state index in [1.54, 1.807) is 0 Å². The highest BCUT2D eigenvalue weighted by Gasteiger charge is 2.40. The Morgan fingerprint density at radius 3 is 1.71 bits per heavy atom. The van der Waals surface area contributed by atoms with Gasteiger partial charge in [-0.05, 0) is 30.6 Å². The van der Waals surface area contributed by atoms with Crippen molar-refractivity contribution in [2.24, 2.45) is 0 Å². The average molecular weight is 296 g/mol. The van der Waals surface area contributed by atoms with E-state index in [1.807, 2.05) is 12.1 Å². The van der Waals surface area contributed by atoms with E-state index in [-0.39, 0.29) is 5.60 Å². The van der Waals surface area contributed by atoms with Crippen molar-refractivity contribution in [1.29, 1.82) is 0 Å². The van der Waals surface area contributed by atoms with Gasteiger partial charge in [0.1, 0.15) is 0 Å². The Balaban J connectivity index is 2.60. The molecule has 0 atom stereocenters. The highest BCUT2D eigenvalue weighted by molar-refractivity contribution is 7.01. The molecule has 2 aromatic rings. The normalized spacial score (nSPS) is 12.1. The molecule has 0 aromatic heterocycles. The summed E-state index contributed by atoms with van der Waals surface area (Å²) >= 11 is 0. The van der Waals surface area contributed by atoms with Crippen LogP contribution in [0.15, 0.2) is 72.9 Å². The third kappa shape index (κ3) is 3.34. The van der Waals surface area contributed by atoms with Crippen molar-refractivity contribution >= 4 is 18.7 Å². The van der Waals surface area contributed by atoms with Crippen molar-refractivity contribution in [3.63, 3.8) is 0 Å². The van der Waals surface area contributed by atoms with E-state index in [1.165, 1.54) is 10.4 Å². The van der Waals surface area contributed by atoms with Gasteiger partial charge in [-0.3, -0.25) is 0 Å². The number of benzene rings is 2. The van der Waals surface area contributed by atoms with Gasteiger partial charge >= 0.3 is 0 Å². The zero-order valence-electron chi connectivity index (χ0n) is 13.2. The van der Waals surface area contributed by atoms with Crippen LogP contribution in [0, 0.1) is 0 Å². The van der Waals surface area contributed by atoms with Crippen LogP contribution in [0.3, 0.4) is 0 Å². The number of rotatable bonds is 6. The first-order valence-corrected chi connectivity index (χ1v) is 9.47. The quantitative estimate of drug-likeness (QED) is 0.739. The van der Waals surface area contributed by atoms with E-state index in [9.17, 15) is 0 Å². The van der Waals surface area contributed by atoms with Crippen LogP contribution < -0.4 is 10.4 Å². The topological polar surface area (TPSA) is 9.23 Å². The monoisotopic (exact) mass is 296 g/mol. The molecule has 1 nitrogen and oxygen atoms in total. The van der Waals surface area contributed by atoms with Gasteiger partial charge < -0.3 is 4.43 Å². The molecular formula is C19H24OSi. The summed E-state index contributed by atoms with van der Waals surface area (Å²) in [6, 6.07) is 21.0. The Morgan fingerprint density at radius 2 is 1.38 bits per heavy atom. The van der Waals surface area contributed by atoms with Crippen LogP contribution in [-0.4, -0.2) is 13.9 Å². The fourth-order valence-corrected chi connectivity index (χ4v) is 5.96. The lowest BCUT2D eigenvalue weighted by Crippen LogP contribution is -2.62. The van der Waals surface area contributed by atoms with Crippen molar-refractivity contribution in [2.45, 2.75) is 32.8 Å². The van der Waals surface area contributed by atoms with E-state index in [2.05, 4.69) is 81.6 Å². The third-order valence-corrected chi connectivity index (χ3v) is 7.81. The summed E-state index contributed by atoms with van der Waals surface area (Å²) < 4.78 is 6.72. The molecule has 2 aromatic carbocycles. The van der Waals surface area contributed by atoms with Crippen LogP contribution in [0.25, 0.3) is 0 Å². The third-order valence-electron chi connectivity index (χ3n) is 3.98. The molecule has 0 amide bonds. The van der Waals surface area contributed by atoms with Gasteiger partial charge in [0.2, 0.25) is 0 Å². The van der Waals surface area contributed by atoms with Gasteiger partial charge in [0.25, 0.3) is 8.32 Å². The van der Waals surface area contributed by atoms with Crippen LogP contribution >= 0.6 is 0 Å². The molecule has 110 valence electrons. The van der Waals surface area contributed by atoms with E-state index < -0.39 is 8.32 Å². The molecule has 0 fully saturated rings. The molecular weight excluding hydrogens is 272 g/mol. The number of hydrogen-bond donors (Lipinski definition) is 0. The lowest BCUT2D eigenvalue weighted by molar-refractivity contribution is 0.103. The van der Waals surface area contributed by atoms with E-state index in [0.717, 1.165) is 6.42 Å². The van der Waals surface area contributed by atoms with Crippen LogP contribution in [0.1, 0.15) is 27.2 Å². The molecule has 0 aliphatic rings. The second-order valence-corrected chi connectivity index (χ2v) is 9.13. The molecule has 0 bridgehead atoms. The first-order valence-electron chi connectivity index (χ1n) is 7.49. The Labute approximate surface area is 129 Å². The molecule has 0 radical (unpaired) electrons. The summed E-state index contributed by atoms with van der Waals surface area (Å²) in [5, 5.41) is 2.49. The molecule has 0 N–H and O–H groups in total. The molecule has 0 spiro atoms. The maximum atomic E-state index is 6.72. The standard InChI is InChI=1S/C19H24OSi/c1-5-19(3,4)20-21(6-2,17-13-9-7-10-14-17)18-15-11-8-12-16-18/h6-16H,2,5H2,1,3-4H3. The minimum atomic E-state index is -2.41. The van der Waals surface area contributed by atoms with Crippen LogP contribution in [0.4, 0.5) is 0 Å². The zero-order valence-corrected chi connectivity index (χ0v) is 14.2. The fraction of sp³-hybridized carbons (Fsp3) is 0.263. The lowest BCUT2D eigenvalue weighted by atomic mass is 10.1. The summed E-state index contributed by atoms with van der Waals surface area (Å²) in [5.74, 6) is 0. The molecule has 2 heteroatoms. The van der Waals surface area contributed by atoms with Gasteiger partial charge in [0.15, 0.2) is 0 Å². The maximum absolute atomic E-state index is 6.72. The van der Waals surface area contributed by atoms with Crippen molar-refractivity contribution in [3.05, 3.63) is 72.9 Å². The van der Waals surface area contributed by atoms with Gasteiger partial charge in [-0.2, -0.15) is 0 Å². The van der Waals surface area contributed by atoms with E-state index >= 15 is 0 Å². The Kier molecular flexibility index (Phi) is 4.81. The molecule has 2 rings (SSSR count). The zero-order chi connectivity index (χ0) is 15.3. The molecule has 0 aliphatic carbocycles. The maximum Gasteiger partial charge on any atom is 0.280 e. The predicted molar refractivity (Wildman–Crippen MR) is 93.6 cm³/mol. The molecule has 0 saturated carbocycles. The van der Waals surface area contributed by atoms with Crippen molar-refractivity contribution in [2.75, 3.05) is 0 Å². The van der Waals surface area contributed by atoms with Crippen molar-refractivity contribution < 1.29 is 4.43 Å². The lowest BCUT2D eigenvalue weighted by Gasteiger charge is -2.37. The van der Waals surface area contributed by atoms with Crippen LogP contribution in [0.2, 0.25) is 0 Å². The summed E-state index contributed by atoms with van der Waals surface area (Å²) in [4.78, 5) is 0. The Bertz CT molecular complexity index is 536.